The maximum atomic E-state index is 5.42. The molecule has 0 aromatic heterocycles. The summed E-state index contributed by atoms with van der Waals surface area (Å²) in [4.78, 5) is 0. The molecule has 0 aromatic carbocycles. The molecule has 0 aliphatic heterocycles. The van der Waals surface area contributed by atoms with Crippen molar-refractivity contribution in [2.45, 2.75) is 19.9 Å². The van der Waals surface area contributed by atoms with Gasteiger partial charge in [-0.2, -0.15) is 0 Å². The summed E-state index contributed by atoms with van der Waals surface area (Å²) in [5.74, 6) is 0.644. The van der Waals surface area contributed by atoms with E-state index >= 15 is 0 Å². The lowest BCUT2D eigenvalue weighted by Crippen LogP contribution is -2.37. The third kappa shape index (κ3) is 2.28. The molecule has 0 radical (unpaired) electrons. The molecule has 8 heavy (non-hydrogen) atoms. The van der Waals surface area contributed by atoms with Crippen LogP contribution in [0.15, 0.2) is 0 Å². The summed E-state index contributed by atoms with van der Waals surface area (Å²) in [6.07, 6.45) is 0. The Bertz CT molecular complexity index is 48.5. The van der Waals surface area contributed by atoms with E-state index < -0.39 is 0 Å². The number of nitrogens with one attached hydrogen (secondary N) is 1. The van der Waals surface area contributed by atoms with Crippen molar-refractivity contribution < 1.29 is 0 Å². The van der Waals surface area contributed by atoms with Gasteiger partial charge in [0.1, 0.15) is 0 Å². The van der Waals surface area contributed by atoms with Crippen LogP contribution >= 0.6 is 0 Å². The molecule has 0 aliphatic rings. The molecule has 0 unspecified atom stereocenters. The molecule has 0 saturated carbocycles. The second kappa shape index (κ2) is 3.87. The molecule has 0 bridgehead atoms. The van der Waals surface area contributed by atoms with Crippen LogP contribution in [-0.2, 0) is 0 Å². The van der Waals surface area contributed by atoms with Gasteiger partial charge in [-0.3, -0.25) is 0 Å². The van der Waals surface area contributed by atoms with Crippen molar-refractivity contribution in [1.82, 2.24) is 5.32 Å². The zero-order valence-electron chi connectivity index (χ0n) is 5.94. The molecule has 0 saturated heterocycles. The van der Waals surface area contributed by atoms with Crippen molar-refractivity contribution in [2.24, 2.45) is 11.7 Å². The van der Waals surface area contributed by atoms with Gasteiger partial charge in [0.25, 0.3) is 0 Å². The first kappa shape index (κ1) is 7.92. The SMILES string of the molecule is CN[C@@H](CN)C(C)C. The molecule has 3 N–H and O–H groups in total. The fourth-order valence-electron chi connectivity index (χ4n) is 0.723. The van der Waals surface area contributed by atoms with Crippen LogP contribution in [0, 0.1) is 5.92 Å². The fourth-order valence-corrected chi connectivity index (χ4v) is 0.723. The van der Waals surface area contributed by atoms with Crippen LogP contribution in [0.4, 0.5) is 0 Å². The lowest BCUT2D eigenvalue weighted by atomic mass is 10.1. The van der Waals surface area contributed by atoms with Crippen LogP contribution in [-0.4, -0.2) is 19.6 Å². The largest absolute Gasteiger partial charge is 0.329 e. The van der Waals surface area contributed by atoms with Crippen LogP contribution in [0.2, 0.25) is 0 Å². The molecular formula is C6H16N2. The molecule has 0 fully saturated rings. The van der Waals surface area contributed by atoms with Gasteiger partial charge in [0.15, 0.2) is 0 Å². The molecule has 1 atom stereocenters. The monoisotopic (exact) mass is 116 g/mol. The molecule has 0 rings (SSSR count). The Morgan fingerprint density at radius 1 is 1.50 bits per heavy atom. The third-order valence-corrected chi connectivity index (χ3v) is 1.43. The topological polar surface area (TPSA) is 38.0 Å². The second-order valence-electron chi connectivity index (χ2n) is 2.37. The average molecular weight is 116 g/mol. The second-order valence-corrected chi connectivity index (χ2v) is 2.37. The fraction of sp³-hybridized carbons (Fsp3) is 1.00. The highest BCUT2D eigenvalue weighted by molar-refractivity contribution is 4.67. The predicted molar refractivity (Wildman–Crippen MR) is 36.7 cm³/mol. The Balaban J connectivity index is 3.35. The van der Waals surface area contributed by atoms with Crippen LogP contribution in [0.25, 0.3) is 0 Å². The van der Waals surface area contributed by atoms with E-state index in [0.29, 0.717) is 12.0 Å². The zero-order valence-corrected chi connectivity index (χ0v) is 5.94. The zero-order chi connectivity index (χ0) is 6.57. The predicted octanol–water partition coefficient (Wildman–Crippen LogP) is 0.189. The van der Waals surface area contributed by atoms with Gasteiger partial charge in [-0.15, -0.1) is 0 Å². The minimum absolute atomic E-state index is 0.481. The minimum atomic E-state index is 0.481. The van der Waals surface area contributed by atoms with Crippen molar-refractivity contribution in [3.63, 3.8) is 0 Å². The Morgan fingerprint density at radius 3 is 2.00 bits per heavy atom. The van der Waals surface area contributed by atoms with Gasteiger partial charge in [0.05, 0.1) is 0 Å². The quantitative estimate of drug-likeness (QED) is 0.552. The van der Waals surface area contributed by atoms with Gasteiger partial charge in [-0.1, -0.05) is 13.8 Å². The summed E-state index contributed by atoms with van der Waals surface area (Å²) in [5, 5.41) is 3.13. The van der Waals surface area contributed by atoms with Gasteiger partial charge in [0, 0.05) is 12.6 Å². The van der Waals surface area contributed by atoms with Crippen molar-refractivity contribution in [3.05, 3.63) is 0 Å². The van der Waals surface area contributed by atoms with Gasteiger partial charge < -0.3 is 11.1 Å². The molecule has 0 aromatic rings. The summed E-state index contributed by atoms with van der Waals surface area (Å²) in [6, 6.07) is 0.481. The van der Waals surface area contributed by atoms with Crippen molar-refractivity contribution >= 4 is 0 Å². The van der Waals surface area contributed by atoms with Crippen LogP contribution in [0.5, 0.6) is 0 Å². The summed E-state index contributed by atoms with van der Waals surface area (Å²) in [6.45, 7) is 5.05. The van der Waals surface area contributed by atoms with Crippen LogP contribution < -0.4 is 11.1 Å². The van der Waals surface area contributed by atoms with E-state index in [9.17, 15) is 0 Å². The number of hydrogen-bond donors (Lipinski definition) is 2. The Labute approximate surface area is 51.5 Å². The van der Waals surface area contributed by atoms with E-state index in [1.807, 2.05) is 7.05 Å². The Morgan fingerprint density at radius 2 is 2.00 bits per heavy atom. The molecule has 2 heteroatoms. The van der Waals surface area contributed by atoms with E-state index in [-0.39, 0.29) is 0 Å². The van der Waals surface area contributed by atoms with Gasteiger partial charge >= 0.3 is 0 Å². The van der Waals surface area contributed by atoms with Crippen molar-refractivity contribution in [2.75, 3.05) is 13.6 Å². The van der Waals surface area contributed by atoms with Gasteiger partial charge in [0.2, 0.25) is 0 Å². The molecule has 0 amide bonds. The van der Waals surface area contributed by atoms with Crippen molar-refractivity contribution in [1.29, 1.82) is 0 Å². The van der Waals surface area contributed by atoms with E-state index in [2.05, 4.69) is 19.2 Å². The first-order valence-electron chi connectivity index (χ1n) is 3.09. The van der Waals surface area contributed by atoms with E-state index in [1.165, 1.54) is 0 Å². The maximum absolute atomic E-state index is 5.42. The first-order valence-corrected chi connectivity index (χ1v) is 3.09. The highest BCUT2D eigenvalue weighted by atomic mass is 14.9. The molecule has 0 aliphatic carbocycles. The molecule has 50 valence electrons. The highest BCUT2D eigenvalue weighted by Gasteiger charge is 2.05. The standard InChI is InChI=1S/C6H16N2/c1-5(2)6(4-7)8-3/h5-6,8H,4,7H2,1-3H3/t6-/m0/s1. The Hall–Kier alpha value is -0.0800. The Kier molecular flexibility index (Phi) is 3.83. The summed E-state index contributed by atoms with van der Waals surface area (Å²) < 4.78 is 0. The normalized spacial score (nSPS) is 14.6. The van der Waals surface area contributed by atoms with Crippen molar-refractivity contribution in [3.8, 4) is 0 Å². The summed E-state index contributed by atoms with van der Waals surface area (Å²) >= 11 is 0. The maximum Gasteiger partial charge on any atom is 0.0210 e. The number of hydrogen-bond acceptors (Lipinski definition) is 2. The molecule has 0 heterocycles. The lowest BCUT2D eigenvalue weighted by Gasteiger charge is -2.16. The van der Waals surface area contributed by atoms with Gasteiger partial charge in [-0.25, -0.2) is 0 Å². The molecule has 2 nitrogen and oxygen atoms in total. The number of rotatable bonds is 3. The van der Waals surface area contributed by atoms with E-state index in [4.69, 9.17) is 5.73 Å². The summed E-state index contributed by atoms with van der Waals surface area (Å²) in [5.41, 5.74) is 5.42. The van der Waals surface area contributed by atoms with Crippen LogP contribution in [0.1, 0.15) is 13.8 Å². The summed E-state index contributed by atoms with van der Waals surface area (Å²) in [7, 11) is 1.94. The van der Waals surface area contributed by atoms with E-state index in [1.54, 1.807) is 0 Å². The molecule has 0 spiro atoms. The highest BCUT2D eigenvalue weighted by Crippen LogP contribution is 1.96. The minimum Gasteiger partial charge on any atom is -0.329 e. The molecular weight excluding hydrogens is 100 g/mol. The number of likely N-dealkylation sites (N-methyl/N-ethyl adjacent to an activating group) is 1. The lowest BCUT2D eigenvalue weighted by molar-refractivity contribution is 0.435. The van der Waals surface area contributed by atoms with Gasteiger partial charge in [-0.05, 0) is 13.0 Å². The smallest absolute Gasteiger partial charge is 0.0210 e. The van der Waals surface area contributed by atoms with E-state index in [0.717, 1.165) is 6.54 Å². The van der Waals surface area contributed by atoms with Crippen LogP contribution in [0.3, 0.4) is 0 Å². The first-order chi connectivity index (χ1) is 3.72. The number of nitrogens with two attached hydrogens (primary N) is 1. The average Bonchev–Trinajstić information content (AvgIpc) is 1.69. The third-order valence-electron chi connectivity index (χ3n) is 1.43.